The van der Waals surface area contributed by atoms with Gasteiger partial charge in [-0.3, -0.25) is 14.9 Å². The summed E-state index contributed by atoms with van der Waals surface area (Å²) in [5.74, 6) is 1.28. The normalized spacial score (nSPS) is 11.8. The standard InChI is InChI=1S/C32H24N6O5S/c1-3-17-43-25-13-9-21(10-14-25)11-16-29-33-32-37(34-29)31(39)28(44-32)19-23-20-36(24-7-5-4-6-8-24)35-30(23)22-12-15-27(42-2)26(18-22)38(40)41/h3-16,18-20H,1,17H2,2H3/b16-11+,28-19-. The average molecular weight is 605 g/mol. The smallest absolute Gasteiger partial charge is 0.311 e. The fraction of sp³-hybridized carbons (Fsp3) is 0.0625. The third-order valence-corrected chi connectivity index (χ3v) is 7.53. The highest BCUT2D eigenvalue weighted by atomic mass is 32.1. The van der Waals surface area contributed by atoms with Crippen molar-refractivity contribution in [2.75, 3.05) is 13.7 Å². The Morgan fingerprint density at radius 3 is 2.55 bits per heavy atom. The molecule has 3 aromatic carbocycles. The molecular weight excluding hydrogens is 580 g/mol. The summed E-state index contributed by atoms with van der Waals surface area (Å²) in [5, 5.41) is 20.8. The summed E-state index contributed by atoms with van der Waals surface area (Å²) in [6.45, 7) is 4.07. The van der Waals surface area contributed by atoms with Crippen molar-refractivity contribution < 1.29 is 14.4 Å². The molecule has 12 heteroatoms. The van der Waals surface area contributed by atoms with Gasteiger partial charge in [-0.05, 0) is 54.1 Å². The fourth-order valence-electron chi connectivity index (χ4n) is 4.47. The Kier molecular flexibility index (Phi) is 7.80. The molecule has 0 radical (unpaired) electrons. The molecule has 11 nitrogen and oxygen atoms in total. The van der Waals surface area contributed by atoms with Crippen molar-refractivity contribution in [3.63, 3.8) is 0 Å². The summed E-state index contributed by atoms with van der Waals surface area (Å²) in [5.41, 5.74) is 2.74. The van der Waals surface area contributed by atoms with Gasteiger partial charge in [0.05, 0.1) is 22.3 Å². The molecule has 6 rings (SSSR count). The van der Waals surface area contributed by atoms with Gasteiger partial charge in [-0.2, -0.15) is 14.6 Å². The zero-order valence-electron chi connectivity index (χ0n) is 23.4. The van der Waals surface area contributed by atoms with Crippen LogP contribution in [0.3, 0.4) is 0 Å². The van der Waals surface area contributed by atoms with Gasteiger partial charge in [0, 0.05) is 23.4 Å². The number of thiazole rings is 1. The molecule has 0 saturated carbocycles. The third kappa shape index (κ3) is 5.74. The Hall–Kier alpha value is -5.88. The maximum absolute atomic E-state index is 13.4. The van der Waals surface area contributed by atoms with E-state index in [1.807, 2.05) is 60.7 Å². The van der Waals surface area contributed by atoms with Crippen LogP contribution < -0.4 is 19.6 Å². The van der Waals surface area contributed by atoms with Gasteiger partial charge in [-0.25, -0.2) is 4.68 Å². The number of hydrogen-bond donors (Lipinski definition) is 0. The van der Waals surface area contributed by atoms with E-state index in [0.29, 0.717) is 38.7 Å². The quantitative estimate of drug-likeness (QED) is 0.119. The van der Waals surface area contributed by atoms with E-state index >= 15 is 0 Å². The molecule has 0 bridgehead atoms. The molecule has 0 aliphatic heterocycles. The first kappa shape index (κ1) is 28.2. The molecule has 0 unspecified atom stereocenters. The van der Waals surface area contributed by atoms with E-state index in [9.17, 15) is 14.9 Å². The average Bonchev–Trinajstić information content (AvgIpc) is 3.74. The van der Waals surface area contributed by atoms with Crippen LogP contribution in [0.2, 0.25) is 0 Å². The van der Waals surface area contributed by atoms with Crippen molar-refractivity contribution in [2.45, 2.75) is 0 Å². The van der Waals surface area contributed by atoms with Crippen molar-refractivity contribution in [1.82, 2.24) is 24.4 Å². The molecule has 0 amide bonds. The van der Waals surface area contributed by atoms with Gasteiger partial charge in [0.2, 0.25) is 4.96 Å². The lowest BCUT2D eigenvalue weighted by Crippen LogP contribution is -2.23. The molecule has 6 aromatic rings. The number of fused-ring (bicyclic) bond motifs is 1. The molecule has 0 aliphatic rings. The van der Waals surface area contributed by atoms with Crippen molar-refractivity contribution >= 4 is 40.2 Å². The van der Waals surface area contributed by atoms with Crippen LogP contribution in [0.25, 0.3) is 40.1 Å². The molecule has 3 aromatic heterocycles. The second-order valence-corrected chi connectivity index (χ2v) is 10.4. The molecule has 44 heavy (non-hydrogen) atoms. The van der Waals surface area contributed by atoms with Crippen LogP contribution in [0.15, 0.2) is 96.4 Å². The van der Waals surface area contributed by atoms with Gasteiger partial charge < -0.3 is 9.47 Å². The van der Waals surface area contributed by atoms with E-state index in [1.165, 1.54) is 35.1 Å². The van der Waals surface area contributed by atoms with E-state index in [0.717, 1.165) is 17.0 Å². The summed E-state index contributed by atoms with van der Waals surface area (Å²) in [4.78, 5) is 29.5. The van der Waals surface area contributed by atoms with Crippen LogP contribution in [0, 0.1) is 10.1 Å². The first-order valence-electron chi connectivity index (χ1n) is 13.3. The number of benzene rings is 3. The number of nitro groups is 1. The first-order chi connectivity index (χ1) is 21.4. The van der Waals surface area contributed by atoms with E-state index in [1.54, 1.807) is 35.2 Å². The van der Waals surface area contributed by atoms with E-state index in [2.05, 4.69) is 16.7 Å². The van der Waals surface area contributed by atoms with Gasteiger partial charge in [0.15, 0.2) is 11.6 Å². The first-order valence-corrected chi connectivity index (χ1v) is 14.2. The monoisotopic (exact) mass is 604 g/mol. The number of methoxy groups -OCH3 is 1. The summed E-state index contributed by atoms with van der Waals surface area (Å²) in [6, 6.07) is 21.6. The number of nitrogens with zero attached hydrogens (tertiary/aromatic N) is 6. The molecular formula is C32H24N6O5S. The number of nitro benzene ring substituents is 1. The predicted octanol–water partition coefficient (Wildman–Crippen LogP) is 5.20. The number of hydrogen-bond acceptors (Lipinski definition) is 9. The topological polar surface area (TPSA) is 127 Å². The minimum Gasteiger partial charge on any atom is -0.490 e. The third-order valence-electron chi connectivity index (χ3n) is 6.57. The Morgan fingerprint density at radius 1 is 1.05 bits per heavy atom. The molecule has 0 spiro atoms. The van der Waals surface area contributed by atoms with Crippen LogP contribution in [0.5, 0.6) is 11.5 Å². The van der Waals surface area contributed by atoms with Crippen molar-refractivity contribution in [3.8, 4) is 28.4 Å². The molecule has 0 saturated heterocycles. The molecule has 0 atom stereocenters. The Morgan fingerprint density at radius 2 is 1.84 bits per heavy atom. The zero-order valence-corrected chi connectivity index (χ0v) is 24.2. The van der Waals surface area contributed by atoms with Crippen LogP contribution in [0.1, 0.15) is 17.0 Å². The zero-order chi connectivity index (χ0) is 30.6. The number of para-hydroxylation sites is 1. The van der Waals surface area contributed by atoms with Gasteiger partial charge in [0.25, 0.3) is 5.56 Å². The van der Waals surface area contributed by atoms with Crippen molar-refractivity contribution in [1.29, 1.82) is 0 Å². The van der Waals surface area contributed by atoms with Crippen LogP contribution >= 0.6 is 11.3 Å². The van der Waals surface area contributed by atoms with E-state index in [4.69, 9.17) is 14.6 Å². The Labute approximate surface area is 254 Å². The van der Waals surface area contributed by atoms with Gasteiger partial charge in [0.1, 0.15) is 18.1 Å². The fourth-order valence-corrected chi connectivity index (χ4v) is 5.38. The lowest BCUT2D eigenvalue weighted by atomic mass is 10.1. The lowest BCUT2D eigenvalue weighted by molar-refractivity contribution is -0.385. The Balaban J connectivity index is 1.37. The van der Waals surface area contributed by atoms with Gasteiger partial charge in [-0.1, -0.05) is 60.4 Å². The van der Waals surface area contributed by atoms with Crippen molar-refractivity contribution in [2.24, 2.45) is 0 Å². The molecule has 0 aliphatic carbocycles. The number of rotatable bonds is 10. The second kappa shape index (κ2) is 12.2. The summed E-state index contributed by atoms with van der Waals surface area (Å²) in [7, 11) is 1.38. The maximum Gasteiger partial charge on any atom is 0.311 e. The van der Waals surface area contributed by atoms with Gasteiger partial charge in [-0.15, -0.1) is 5.10 Å². The molecule has 3 heterocycles. The Bertz CT molecular complexity index is 2130. The summed E-state index contributed by atoms with van der Waals surface area (Å²) < 4.78 is 14.0. The van der Waals surface area contributed by atoms with E-state index < -0.39 is 4.92 Å². The maximum atomic E-state index is 13.4. The highest BCUT2D eigenvalue weighted by Crippen LogP contribution is 2.33. The number of ether oxygens (including phenoxy) is 2. The largest absolute Gasteiger partial charge is 0.490 e. The molecule has 0 fully saturated rings. The molecule has 0 N–H and O–H groups in total. The predicted molar refractivity (Wildman–Crippen MR) is 169 cm³/mol. The highest BCUT2D eigenvalue weighted by molar-refractivity contribution is 7.15. The molecule has 218 valence electrons. The van der Waals surface area contributed by atoms with Crippen LogP contribution in [0.4, 0.5) is 5.69 Å². The lowest BCUT2D eigenvalue weighted by Gasteiger charge is -2.04. The van der Waals surface area contributed by atoms with Crippen LogP contribution in [-0.4, -0.2) is 43.0 Å². The van der Waals surface area contributed by atoms with Crippen LogP contribution in [-0.2, 0) is 0 Å². The number of aromatic nitrogens is 5. The SMILES string of the molecule is C=CCOc1ccc(/C=C/c2nc3s/c(=C\c4cn(-c5ccccc5)nc4-c4ccc(OC)c([N+](=O)[O-])c4)c(=O)n3n2)cc1. The highest BCUT2D eigenvalue weighted by Gasteiger charge is 2.20. The summed E-state index contributed by atoms with van der Waals surface area (Å²) >= 11 is 1.19. The van der Waals surface area contributed by atoms with Gasteiger partial charge >= 0.3 is 5.69 Å². The summed E-state index contributed by atoms with van der Waals surface area (Å²) in [6.07, 6.45) is 8.75. The minimum atomic E-state index is -0.504. The van der Waals surface area contributed by atoms with E-state index in [-0.39, 0.29) is 17.0 Å². The van der Waals surface area contributed by atoms with Crippen molar-refractivity contribution in [3.05, 3.63) is 134 Å². The minimum absolute atomic E-state index is 0.138. The second-order valence-electron chi connectivity index (χ2n) is 9.44.